The highest BCUT2D eigenvalue weighted by molar-refractivity contribution is 7.16. The molecule has 1 heterocycles. The summed E-state index contributed by atoms with van der Waals surface area (Å²) in [5.74, 6) is -0.118. The number of benzene rings is 2. The zero-order valence-electron chi connectivity index (χ0n) is 15.6. The van der Waals surface area contributed by atoms with Gasteiger partial charge in [0.2, 0.25) is 0 Å². The second kappa shape index (κ2) is 7.83. The van der Waals surface area contributed by atoms with Crippen LogP contribution in [0.4, 0.5) is 0 Å². The predicted octanol–water partition coefficient (Wildman–Crippen LogP) is 4.74. The van der Waals surface area contributed by atoms with Crippen LogP contribution in [0.3, 0.4) is 0 Å². The Hall–Kier alpha value is -2.46. The summed E-state index contributed by atoms with van der Waals surface area (Å²) in [5, 5.41) is 0. The summed E-state index contributed by atoms with van der Waals surface area (Å²) < 4.78 is 3.21. The quantitative estimate of drug-likeness (QED) is 0.602. The Morgan fingerprint density at radius 2 is 1.81 bits per heavy atom. The van der Waals surface area contributed by atoms with E-state index in [0.29, 0.717) is 13.0 Å². The van der Waals surface area contributed by atoms with Gasteiger partial charge in [0.25, 0.3) is 5.91 Å². The molecule has 0 radical (unpaired) electrons. The van der Waals surface area contributed by atoms with Gasteiger partial charge in [0.1, 0.15) is 0 Å². The first kappa shape index (κ1) is 18.3. The molecule has 3 aromatic rings. The Labute approximate surface area is 158 Å². The highest BCUT2D eigenvalue weighted by atomic mass is 32.1. The summed E-state index contributed by atoms with van der Waals surface area (Å²) >= 11 is 1.56. The molecular formula is C22H24N2OS. The molecule has 1 amide bonds. The predicted molar refractivity (Wildman–Crippen MR) is 110 cm³/mol. The number of hydrogen-bond donors (Lipinski definition) is 0. The number of aromatic nitrogens is 1. The molecule has 4 heteroatoms. The topological polar surface area (TPSA) is 34.4 Å². The van der Waals surface area contributed by atoms with Gasteiger partial charge in [-0.05, 0) is 54.7 Å². The van der Waals surface area contributed by atoms with Crippen molar-refractivity contribution in [3.05, 3.63) is 76.1 Å². The Morgan fingerprint density at radius 1 is 1.15 bits per heavy atom. The number of carbonyl (C=O) groups is 1. The van der Waals surface area contributed by atoms with Crippen molar-refractivity contribution in [3.63, 3.8) is 0 Å². The molecule has 0 fully saturated rings. The number of carbonyl (C=O) groups excluding carboxylic acids is 1. The molecule has 0 aliphatic rings. The molecular weight excluding hydrogens is 340 g/mol. The van der Waals surface area contributed by atoms with Crippen LogP contribution in [0.25, 0.3) is 10.2 Å². The van der Waals surface area contributed by atoms with Crippen LogP contribution in [-0.4, -0.2) is 10.5 Å². The maximum Gasteiger partial charge on any atom is 0.252 e. The van der Waals surface area contributed by atoms with Crippen molar-refractivity contribution in [2.45, 2.75) is 40.2 Å². The van der Waals surface area contributed by atoms with Crippen LogP contribution in [0, 0.1) is 13.8 Å². The van der Waals surface area contributed by atoms with Crippen molar-refractivity contribution in [2.75, 3.05) is 0 Å². The van der Waals surface area contributed by atoms with Crippen molar-refractivity contribution >= 4 is 27.5 Å². The van der Waals surface area contributed by atoms with Crippen molar-refractivity contribution in [2.24, 2.45) is 4.99 Å². The number of nitrogens with zero attached hydrogens (tertiary/aromatic N) is 2. The zero-order valence-corrected chi connectivity index (χ0v) is 16.4. The van der Waals surface area contributed by atoms with E-state index >= 15 is 0 Å². The molecule has 0 aliphatic carbocycles. The summed E-state index contributed by atoms with van der Waals surface area (Å²) in [6.07, 6.45) is 3.17. The van der Waals surface area contributed by atoms with Crippen LogP contribution >= 0.6 is 11.3 Å². The first-order chi connectivity index (χ1) is 12.5. The number of hydrogen-bond acceptors (Lipinski definition) is 2. The monoisotopic (exact) mass is 364 g/mol. The third-order valence-corrected chi connectivity index (χ3v) is 5.66. The molecule has 2 aromatic carbocycles. The number of amides is 1. The molecule has 0 saturated heterocycles. The molecule has 0 saturated carbocycles. The lowest BCUT2D eigenvalue weighted by Crippen LogP contribution is -2.17. The Balaban J connectivity index is 1.97. The van der Waals surface area contributed by atoms with Crippen molar-refractivity contribution < 1.29 is 4.79 Å². The van der Waals surface area contributed by atoms with Crippen LogP contribution in [0.15, 0.2) is 54.0 Å². The summed E-state index contributed by atoms with van der Waals surface area (Å²) in [7, 11) is 0. The average Bonchev–Trinajstić information content (AvgIpc) is 2.93. The van der Waals surface area contributed by atoms with Gasteiger partial charge in [0, 0.05) is 6.54 Å². The Bertz CT molecular complexity index is 1020. The second-order valence-electron chi connectivity index (χ2n) is 6.54. The smallest absolute Gasteiger partial charge is 0.252 e. The number of aryl methyl sites for hydroxylation is 3. The third kappa shape index (κ3) is 3.86. The lowest BCUT2D eigenvalue weighted by Gasteiger charge is -2.04. The number of thiazole rings is 1. The van der Waals surface area contributed by atoms with E-state index < -0.39 is 0 Å². The minimum Gasteiger partial charge on any atom is -0.312 e. The molecule has 0 N–H and O–H groups in total. The third-order valence-electron chi connectivity index (χ3n) is 4.62. The minimum absolute atomic E-state index is 0.118. The van der Waals surface area contributed by atoms with E-state index in [1.54, 1.807) is 11.3 Å². The van der Waals surface area contributed by atoms with Crippen molar-refractivity contribution in [1.82, 2.24) is 4.57 Å². The fourth-order valence-electron chi connectivity index (χ4n) is 2.93. The summed E-state index contributed by atoms with van der Waals surface area (Å²) in [4.78, 5) is 17.6. The highest BCUT2D eigenvalue weighted by Crippen LogP contribution is 2.22. The van der Waals surface area contributed by atoms with Gasteiger partial charge < -0.3 is 4.57 Å². The van der Waals surface area contributed by atoms with Crippen LogP contribution < -0.4 is 4.80 Å². The summed E-state index contributed by atoms with van der Waals surface area (Å²) in [6, 6.07) is 12.5. The molecule has 3 nitrogen and oxygen atoms in total. The van der Waals surface area contributed by atoms with E-state index in [1.165, 1.54) is 16.7 Å². The van der Waals surface area contributed by atoms with Gasteiger partial charge in [-0.3, -0.25) is 4.79 Å². The molecule has 1 aromatic heterocycles. The van der Waals surface area contributed by atoms with E-state index in [9.17, 15) is 4.79 Å². The van der Waals surface area contributed by atoms with Gasteiger partial charge in [-0.15, -0.1) is 6.58 Å². The molecule has 0 atom stereocenters. The van der Waals surface area contributed by atoms with Gasteiger partial charge in [-0.1, -0.05) is 48.6 Å². The first-order valence-corrected chi connectivity index (χ1v) is 9.70. The molecule has 0 spiro atoms. The minimum atomic E-state index is -0.118. The highest BCUT2D eigenvalue weighted by Gasteiger charge is 2.09. The van der Waals surface area contributed by atoms with Gasteiger partial charge in [0.15, 0.2) is 4.80 Å². The number of fused-ring (bicyclic) bond motifs is 1. The van der Waals surface area contributed by atoms with Crippen LogP contribution in [0.2, 0.25) is 0 Å². The van der Waals surface area contributed by atoms with E-state index in [2.05, 4.69) is 61.2 Å². The fourth-order valence-corrected chi connectivity index (χ4v) is 4.06. The van der Waals surface area contributed by atoms with Crippen LogP contribution in [0.1, 0.15) is 29.2 Å². The number of allylic oxidation sites excluding steroid dienone is 1. The zero-order chi connectivity index (χ0) is 18.7. The summed E-state index contributed by atoms with van der Waals surface area (Å²) in [5.41, 5.74) is 5.87. The SMILES string of the molecule is C=CCn1c(=NC(=O)Cc2ccc(CC)cc2)sc2cc(C)c(C)cc21. The standard InChI is InChI=1S/C22H24N2OS/c1-5-11-24-19-12-15(3)16(4)13-20(19)26-22(24)23-21(25)14-18-9-7-17(6-2)8-10-18/h5,7-10,12-13H,1,6,11,14H2,2-4H3. The maximum atomic E-state index is 12.5. The molecule has 3 rings (SSSR count). The van der Waals surface area contributed by atoms with Gasteiger partial charge in [0.05, 0.1) is 16.6 Å². The summed E-state index contributed by atoms with van der Waals surface area (Å²) in [6.45, 7) is 10.8. The van der Waals surface area contributed by atoms with Gasteiger partial charge in [-0.25, -0.2) is 0 Å². The van der Waals surface area contributed by atoms with Crippen LogP contribution in [0.5, 0.6) is 0 Å². The van der Waals surface area contributed by atoms with Gasteiger partial charge in [-0.2, -0.15) is 4.99 Å². The molecule has 134 valence electrons. The van der Waals surface area contributed by atoms with E-state index in [1.807, 2.05) is 18.2 Å². The molecule has 0 bridgehead atoms. The lowest BCUT2D eigenvalue weighted by molar-refractivity contribution is -0.117. The maximum absolute atomic E-state index is 12.5. The Morgan fingerprint density at radius 3 is 2.46 bits per heavy atom. The Kier molecular flexibility index (Phi) is 5.52. The van der Waals surface area contributed by atoms with Gasteiger partial charge >= 0.3 is 0 Å². The van der Waals surface area contributed by atoms with Crippen molar-refractivity contribution in [3.8, 4) is 0 Å². The first-order valence-electron chi connectivity index (χ1n) is 8.88. The van der Waals surface area contributed by atoms with Crippen LogP contribution in [-0.2, 0) is 24.2 Å². The fraction of sp³-hybridized carbons (Fsp3) is 0.273. The largest absolute Gasteiger partial charge is 0.312 e. The molecule has 0 aliphatic heterocycles. The van der Waals surface area contributed by atoms with E-state index in [-0.39, 0.29) is 5.91 Å². The molecule has 26 heavy (non-hydrogen) atoms. The van der Waals surface area contributed by atoms with E-state index in [0.717, 1.165) is 27.0 Å². The number of rotatable bonds is 5. The molecule has 0 unspecified atom stereocenters. The normalized spacial score (nSPS) is 11.9. The average molecular weight is 365 g/mol. The van der Waals surface area contributed by atoms with E-state index in [4.69, 9.17) is 0 Å². The second-order valence-corrected chi connectivity index (χ2v) is 7.55. The lowest BCUT2D eigenvalue weighted by atomic mass is 10.1. The van der Waals surface area contributed by atoms with Crippen molar-refractivity contribution in [1.29, 1.82) is 0 Å².